The zero-order valence-electron chi connectivity index (χ0n) is 18.6. The van der Waals surface area contributed by atoms with Crippen LogP contribution in [-0.4, -0.2) is 29.8 Å². The van der Waals surface area contributed by atoms with Gasteiger partial charge < -0.3 is 25.3 Å². The second-order valence-corrected chi connectivity index (χ2v) is 9.07. The third-order valence-corrected chi connectivity index (χ3v) is 6.14. The fourth-order valence-electron chi connectivity index (χ4n) is 3.60. The smallest absolute Gasteiger partial charge is 0.256 e. The van der Waals surface area contributed by atoms with E-state index < -0.39 is 17.3 Å². The molecule has 3 aromatic rings. The largest absolute Gasteiger partial charge is 0.488 e. The predicted octanol–water partition coefficient (Wildman–Crippen LogP) is 4.24. The van der Waals surface area contributed by atoms with Crippen molar-refractivity contribution in [1.82, 2.24) is 4.57 Å². The minimum Gasteiger partial charge on any atom is -0.488 e. The first-order chi connectivity index (χ1) is 16.2. The number of carbonyl (C=O) groups excluding carboxylic acids is 1. The number of halogens is 2. The molecule has 1 atom stereocenters. The lowest BCUT2D eigenvalue weighted by molar-refractivity contribution is 0.0998. The van der Waals surface area contributed by atoms with Crippen molar-refractivity contribution in [1.29, 1.82) is 0 Å². The molecular weight excluding hydrogens is 556 g/mol. The van der Waals surface area contributed by atoms with Gasteiger partial charge in [0.2, 0.25) is 0 Å². The summed E-state index contributed by atoms with van der Waals surface area (Å²) in [5.74, 6) is -0.420. The van der Waals surface area contributed by atoms with E-state index in [2.05, 4.69) is 5.32 Å². The Kier molecular flexibility index (Phi) is 7.08. The summed E-state index contributed by atoms with van der Waals surface area (Å²) in [6.07, 6.45) is 0.730. The van der Waals surface area contributed by atoms with Gasteiger partial charge in [0, 0.05) is 28.7 Å². The topological polar surface area (TPSA) is 105 Å². The molecule has 10 heteroatoms. The molecule has 34 heavy (non-hydrogen) atoms. The quantitative estimate of drug-likeness (QED) is 0.406. The summed E-state index contributed by atoms with van der Waals surface area (Å²) in [6.45, 7) is 2.97. The Bertz CT molecular complexity index is 1300. The lowest BCUT2D eigenvalue weighted by Gasteiger charge is -2.20. The fourth-order valence-corrected chi connectivity index (χ4v) is 4.05. The Hall–Kier alpha value is -3.12. The predicted molar refractivity (Wildman–Crippen MR) is 134 cm³/mol. The molecule has 4 rings (SSSR count). The molecule has 3 N–H and O–H groups in total. The van der Waals surface area contributed by atoms with E-state index in [0.717, 1.165) is 6.42 Å². The van der Waals surface area contributed by atoms with Crippen molar-refractivity contribution in [3.8, 4) is 17.2 Å². The van der Waals surface area contributed by atoms with Gasteiger partial charge in [0.15, 0.2) is 0 Å². The van der Waals surface area contributed by atoms with Crippen LogP contribution in [0.25, 0.3) is 0 Å². The van der Waals surface area contributed by atoms with E-state index in [1.165, 1.54) is 29.8 Å². The number of amides is 1. The van der Waals surface area contributed by atoms with Crippen molar-refractivity contribution >= 4 is 40.0 Å². The number of nitrogens with zero attached hydrogens (tertiary/aromatic N) is 1. The Morgan fingerprint density at radius 3 is 2.68 bits per heavy atom. The number of aromatic nitrogens is 1. The molecule has 0 aliphatic carbocycles. The Balaban J connectivity index is 1.74. The van der Waals surface area contributed by atoms with Crippen molar-refractivity contribution in [2.75, 3.05) is 18.5 Å². The maximum absolute atomic E-state index is 14.5. The van der Waals surface area contributed by atoms with Gasteiger partial charge in [-0.05, 0) is 59.8 Å². The van der Waals surface area contributed by atoms with Crippen molar-refractivity contribution in [2.24, 2.45) is 12.8 Å². The van der Waals surface area contributed by atoms with Gasteiger partial charge in [-0.2, -0.15) is 0 Å². The van der Waals surface area contributed by atoms with Crippen LogP contribution in [0.15, 0.2) is 47.3 Å². The molecule has 1 aromatic heterocycles. The zero-order chi connectivity index (χ0) is 24.4. The van der Waals surface area contributed by atoms with Crippen molar-refractivity contribution in [3.63, 3.8) is 0 Å². The number of carbonyl (C=O) groups is 1. The van der Waals surface area contributed by atoms with Crippen LogP contribution in [0.1, 0.15) is 22.3 Å². The molecule has 1 aliphatic rings. The zero-order valence-corrected chi connectivity index (χ0v) is 20.7. The molecule has 0 spiro atoms. The summed E-state index contributed by atoms with van der Waals surface area (Å²) >= 11 is 1.99. The van der Waals surface area contributed by atoms with Gasteiger partial charge in [-0.1, -0.05) is 6.07 Å². The molecule has 0 unspecified atom stereocenters. The second-order valence-electron chi connectivity index (χ2n) is 7.83. The van der Waals surface area contributed by atoms with Crippen LogP contribution in [0.4, 0.5) is 15.9 Å². The summed E-state index contributed by atoms with van der Waals surface area (Å²) in [5, 5.41) is 2.82. The van der Waals surface area contributed by atoms with Crippen molar-refractivity contribution in [2.45, 2.75) is 19.4 Å². The van der Waals surface area contributed by atoms with E-state index in [1.54, 1.807) is 18.2 Å². The van der Waals surface area contributed by atoms with Crippen LogP contribution in [-0.2, 0) is 11.8 Å². The average molecular weight is 579 g/mol. The number of hydrogen-bond acceptors (Lipinski definition) is 6. The Morgan fingerprint density at radius 1 is 1.24 bits per heavy atom. The lowest BCUT2D eigenvalue weighted by Crippen LogP contribution is -2.25. The lowest BCUT2D eigenvalue weighted by atomic mass is 10.1. The summed E-state index contributed by atoms with van der Waals surface area (Å²) in [5.41, 5.74) is 5.88. The molecule has 2 heterocycles. The third-order valence-electron chi connectivity index (χ3n) is 5.47. The highest BCUT2D eigenvalue weighted by Gasteiger charge is 2.23. The van der Waals surface area contributed by atoms with E-state index in [-0.39, 0.29) is 28.9 Å². The van der Waals surface area contributed by atoms with E-state index >= 15 is 0 Å². The molecule has 0 saturated carbocycles. The van der Waals surface area contributed by atoms with Crippen LogP contribution in [0.2, 0.25) is 0 Å². The van der Waals surface area contributed by atoms with Gasteiger partial charge in [-0.3, -0.25) is 14.2 Å². The monoisotopic (exact) mass is 579 g/mol. The molecule has 0 bridgehead atoms. The van der Waals surface area contributed by atoms with Crippen LogP contribution in [0.5, 0.6) is 17.2 Å². The van der Waals surface area contributed by atoms with Crippen LogP contribution in [0.3, 0.4) is 0 Å². The molecule has 1 fully saturated rings. The van der Waals surface area contributed by atoms with Crippen LogP contribution >= 0.6 is 22.6 Å². The summed E-state index contributed by atoms with van der Waals surface area (Å²) in [4.78, 5) is 25.2. The highest BCUT2D eigenvalue weighted by molar-refractivity contribution is 14.1. The molecule has 1 saturated heterocycles. The molecule has 2 aromatic carbocycles. The summed E-state index contributed by atoms with van der Waals surface area (Å²) in [7, 11) is 1.45. The normalized spacial score (nSPS) is 15.2. The molecular formula is C24H23FIN3O5. The van der Waals surface area contributed by atoms with E-state index in [4.69, 9.17) is 19.9 Å². The molecule has 8 nitrogen and oxygen atoms in total. The number of anilines is 2. The van der Waals surface area contributed by atoms with Crippen molar-refractivity contribution < 1.29 is 23.4 Å². The summed E-state index contributed by atoms with van der Waals surface area (Å²) < 4.78 is 33.7. The SMILES string of the molecule is Cc1c(Oc2cc(=O)n(C)c(Nc3ccc(I)cc3F)c2C(N)=O)cccc1O[C@H]1CCOC1. The van der Waals surface area contributed by atoms with Crippen LogP contribution < -0.4 is 26.1 Å². The second kappa shape index (κ2) is 10.0. The van der Waals surface area contributed by atoms with Crippen LogP contribution in [0, 0.1) is 16.3 Å². The van der Waals surface area contributed by atoms with Gasteiger partial charge in [0.25, 0.3) is 11.5 Å². The molecule has 1 amide bonds. The van der Waals surface area contributed by atoms with Gasteiger partial charge in [-0.15, -0.1) is 0 Å². The highest BCUT2D eigenvalue weighted by atomic mass is 127. The van der Waals surface area contributed by atoms with Gasteiger partial charge >= 0.3 is 0 Å². The Morgan fingerprint density at radius 2 is 2.00 bits per heavy atom. The summed E-state index contributed by atoms with van der Waals surface area (Å²) in [6, 6.07) is 11.0. The fraction of sp³-hybridized carbons (Fsp3) is 0.250. The number of pyridine rings is 1. The average Bonchev–Trinajstić information content (AvgIpc) is 3.29. The molecule has 1 aliphatic heterocycles. The minimum absolute atomic E-state index is 0.0169. The first kappa shape index (κ1) is 24.0. The molecule has 178 valence electrons. The number of ether oxygens (including phenoxy) is 3. The van der Waals surface area contributed by atoms with Gasteiger partial charge in [0.05, 0.1) is 18.9 Å². The first-order valence-corrected chi connectivity index (χ1v) is 11.6. The van der Waals surface area contributed by atoms with Gasteiger partial charge in [0.1, 0.15) is 40.6 Å². The number of benzene rings is 2. The van der Waals surface area contributed by atoms with Crippen molar-refractivity contribution in [3.05, 3.63) is 73.3 Å². The van der Waals surface area contributed by atoms with E-state index in [0.29, 0.717) is 33.8 Å². The highest BCUT2D eigenvalue weighted by Crippen LogP contribution is 2.35. The van der Waals surface area contributed by atoms with E-state index in [1.807, 2.05) is 35.6 Å². The first-order valence-electron chi connectivity index (χ1n) is 10.5. The Labute approximate surface area is 209 Å². The maximum atomic E-state index is 14.5. The molecule has 0 radical (unpaired) electrons. The third kappa shape index (κ3) is 5.02. The van der Waals surface area contributed by atoms with Gasteiger partial charge in [-0.25, -0.2) is 4.39 Å². The standard InChI is InChI=1S/C24H23FIN3O5/c1-13-18(33-15-8-9-32-12-15)4-3-5-19(13)34-20-11-21(30)29(2)24(22(20)23(27)31)28-17-7-6-14(26)10-16(17)25/h3-7,10-11,15,28H,8-9,12H2,1-2H3,(H2,27,31)/t15-/m0/s1. The number of nitrogens with one attached hydrogen (secondary N) is 1. The number of primary amides is 1. The van der Waals surface area contributed by atoms with E-state index in [9.17, 15) is 14.0 Å². The maximum Gasteiger partial charge on any atom is 0.256 e. The number of nitrogens with two attached hydrogens (primary N) is 1. The minimum atomic E-state index is -0.841. The number of hydrogen-bond donors (Lipinski definition) is 2. The number of rotatable bonds is 7.